The first-order valence-electron chi connectivity index (χ1n) is 8.91. The lowest BCUT2D eigenvalue weighted by Crippen LogP contribution is -2.14. The number of fused-ring (bicyclic) bond motifs is 1. The van der Waals surface area contributed by atoms with E-state index in [-0.39, 0.29) is 22.0 Å². The molecule has 4 aromatic rings. The van der Waals surface area contributed by atoms with Gasteiger partial charge in [0.25, 0.3) is 15.7 Å². The fraction of sp³-hybridized carbons (Fsp3) is 0. The number of hydrogen-bond donors (Lipinski definition) is 1. The standard InChI is InChI=1S/C21H14ClN3O5S/c22-15-6-8-18(9-7-15)30-19-12-16(11-17(13-19)25(26)27)24-31(28,29)20-5-1-3-14-4-2-10-23-21(14)20/h1-13,24H. The minimum atomic E-state index is -4.09. The van der Waals surface area contributed by atoms with Crippen LogP contribution in [-0.2, 0) is 10.0 Å². The second-order valence-corrected chi connectivity index (χ2v) is 8.55. The SMILES string of the molecule is O=[N+]([O-])c1cc(NS(=O)(=O)c2cccc3cccnc23)cc(Oc2ccc(Cl)cc2)c1. The number of nitrogens with zero attached hydrogens (tertiary/aromatic N) is 2. The highest BCUT2D eigenvalue weighted by molar-refractivity contribution is 7.93. The third-order valence-corrected chi connectivity index (χ3v) is 5.95. The number of rotatable bonds is 6. The highest BCUT2D eigenvalue weighted by atomic mass is 35.5. The summed E-state index contributed by atoms with van der Waals surface area (Å²) in [5, 5.41) is 12.5. The molecule has 10 heteroatoms. The van der Waals surface area contributed by atoms with E-state index >= 15 is 0 Å². The monoisotopic (exact) mass is 455 g/mol. The van der Waals surface area contributed by atoms with Gasteiger partial charge in [0.2, 0.25) is 0 Å². The molecule has 0 bridgehead atoms. The van der Waals surface area contributed by atoms with Crippen molar-refractivity contribution < 1.29 is 18.1 Å². The van der Waals surface area contributed by atoms with Gasteiger partial charge in [-0.1, -0.05) is 29.8 Å². The molecule has 4 rings (SSSR count). The molecular formula is C21H14ClN3O5S. The number of para-hydroxylation sites is 1. The number of pyridine rings is 1. The van der Waals surface area contributed by atoms with Gasteiger partial charge < -0.3 is 4.74 Å². The maximum absolute atomic E-state index is 13.0. The number of aromatic nitrogens is 1. The lowest BCUT2D eigenvalue weighted by atomic mass is 10.2. The van der Waals surface area contributed by atoms with E-state index in [9.17, 15) is 18.5 Å². The Kier molecular flexibility index (Phi) is 5.45. The van der Waals surface area contributed by atoms with Crippen molar-refractivity contribution in [3.8, 4) is 11.5 Å². The Hall–Kier alpha value is -3.69. The van der Waals surface area contributed by atoms with Crippen LogP contribution < -0.4 is 9.46 Å². The van der Waals surface area contributed by atoms with Crippen molar-refractivity contribution in [2.45, 2.75) is 4.90 Å². The number of nitrogens with one attached hydrogen (secondary N) is 1. The molecule has 0 fully saturated rings. The van der Waals surface area contributed by atoms with Crippen molar-refractivity contribution in [2.75, 3.05) is 4.72 Å². The van der Waals surface area contributed by atoms with E-state index in [1.165, 1.54) is 24.4 Å². The summed E-state index contributed by atoms with van der Waals surface area (Å²) in [5.74, 6) is 0.474. The third kappa shape index (κ3) is 4.57. The zero-order valence-corrected chi connectivity index (χ0v) is 17.3. The summed E-state index contributed by atoms with van der Waals surface area (Å²) in [6.45, 7) is 0. The van der Waals surface area contributed by atoms with Gasteiger partial charge >= 0.3 is 0 Å². The van der Waals surface area contributed by atoms with Crippen LogP contribution >= 0.6 is 11.6 Å². The lowest BCUT2D eigenvalue weighted by molar-refractivity contribution is -0.384. The van der Waals surface area contributed by atoms with E-state index in [0.717, 1.165) is 6.07 Å². The first-order valence-corrected chi connectivity index (χ1v) is 10.8. The highest BCUT2D eigenvalue weighted by Crippen LogP contribution is 2.32. The molecule has 0 aliphatic rings. The Labute approximate surface area is 182 Å². The van der Waals surface area contributed by atoms with E-state index in [2.05, 4.69) is 9.71 Å². The number of halogens is 1. The predicted molar refractivity (Wildman–Crippen MR) is 117 cm³/mol. The van der Waals surface area contributed by atoms with E-state index < -0.39 is 14.9 Å². The van der Waals surface area contributed by atoms with E-state index in [4.69, 9.17) is 16.3 Å². The maximum Gasteiger partial charge on any atom is 0.275 e. The van der Waals surface area contributed by atoms with Crippen LogP contribution in [0.4, 0.5) is 11.4 Å². The molecule has 8 nitrogen and oxygen atoms in total. The molecule has 0 spiro atoms. The van der Waals surface area contributed by atoms with Gasteiger partial charge in [-0.3, -0.25) is 19.8 Å². The summed E-state index contributed by atoms with van der Waals surface area (Å²) < 4.78 is 34.1. The third-order valence-electron chi connectivity index (χ3n) is 4.29. The summed E-state index contributed by atoms with van der Waals surface area (Å²) in [7, 11) is -4.09. The molecule has 1 aromatic heterocycles. The van der Waals surface area contributed by atoms with Gasteiger partial charge in [-0.15, -0.1) is 0 Å². The van der Waals surface area contributed by atoms with Gasteiger partial charge in [-0.05, 0) is 36.4 Å². The van der Waals surface area contributed by atoms with Crippen LogP contribution in [0.25, 0.3) is 10.9 Å². The molecule has 0 saturated carbocycles. The molecule has 31 heavy (non-hydrogen) atoms. The minimum absolute atomic E-state index is 0.0221. The van der Waals surface area contributed by atoms with E-state index in [1.807, 2.05) is 0 Å². The van der Waals surface area contributed by atoms with E-state index in [1.54, 1.807) is 48.5 Å². The fourth-order valence-electron chi connectivity index (χ4n) is 2.95. The number of ether oxygens (including phenoxy) is 1. The number of non-ortho nitro benzene ring substituents is 1. The number of nitro groups is 1. The Morgan fingerprint density at radius 3 is 2.45 bits per heavy atom. The number of anilines is 1. The molecule has 0 aliphatic heterocycles. The Balaban J connectivity index is 1.72. The summed E-state index contributed by atoms with van der Waals surface area (Å²) >= 11 is 5.85. The van der Waals surface area contributed by atoms with Gasteiger partial charge in [0, 0.05) is 28.7 Å². The van der Waals surface area contributed by atoms with Crippen molar-refractivity contribution in [3.05, 3.63) is 94.1 Å². The van der Waals surface area contributed by atoms with Crippen molar-refractivity contribution in [1.29, 1.82) is 0 Å². The molecule has 0 saturated heterocycles. The summed E-state index contributed by atoms with van der Waals surface area (Å²) in [6, 6.07) is 18.3. The Morgan fingerprint density at radius 1 is 0.968 bits per heavy atom. The van der Waals surface area contributed by atoms with Crippen LogP contribution in [0.2, 0.25) is 5.02 Å². The van der Waals surface area contributed by atoms with Crippen LogP contribution in [0.1, 0.15) is 0 Å². The number of nitro benzene ring substituents is 1. The average Bonchev–Trinajstić information content (AvgIpc) is 2.74. The first-order chi connectivity index (χ1) is 14.8. The van der Waals surface area contributed by atoms with Crippen LogP contribution in [0.15, 0.2) is 83.9 Å². The van der Waals surface area contributed by atoms with E-state index in [0.29, 0.717) is 21.7 Å². The average molecular weight is 456 g/mol. The second-order valence-electron chi connectivity index (χ2n) is 6.47. The predicted octanol–water partition coefficient (Wildman–Crippen LogP) is 5.39. The minimum Gasteiger partial charge on any atom is -0.457 e. The number of benzene rings is 3. The zero-order chi connectivity index (χ0) is 22.0. The second kappa shape index (κ2) is 8.21. The molecule has 1 heterocycles. The molecule has 1 N–H and O–H groups in total. The smallest absolute Gasteiger partial charge is 0.275 e. The zero-order valence-electron chi connectivity index (χ0n) is 15.7. The molecule has 0 radical (unpaired) electrons. The molecule has 3 aromatic carbocycles. The van der Waals surface area contributed by atoms with Gasteiger partial charge in [0.05, 0.1) is 22.2 Å². The van der Waals surface area contributed by atoms with Gasteiger partial charge in [0.15, 0.2) is 0 Å². The van der Waals surface area contributed by atoms with Crippen molar-refractivity contribution in [2.24, 2.45) is 0 Å². The molecule has 0 aliphatic carbocycles. The van der Waals surface area contributed by atoms with Crippen LogP contribution in [0, 0.1) is 10.1 Å². The highest BCUT2D eigenvalue weighted by Gasteiger charge is 2.20. The quantitative estimate of drug-likeness (QED) is 0.308. The maximum atomic E-state index is 13.0. The molecular weight excluding hydrogens is 442 g/mol. The van der Waals surface area contributed by atoms with Crippen LogP contribution in [0.5, 0.6) is 11.5 Å². The fourth-order valence-corrected chi connectivity index (χ4v) is 4.30. The van der Waals surface area contributed by atoms with Gasteiger partial charge in [-0.2, -0.15) is 0 Å². The van der Waals surface area contributed by atoms with Gasteiger partial charge in [-0.25, -0.2) is 8.42 Å². The summed E-state index contributed by atoms with van der Waals surface area (Å²) in [6.07, 6.45) is 1.49. The molecule has 0 amide bonds. The van der Waals surface area contributed by atoms with Crippen molar-refractivity contribution in [1.82, 2.24) is 4.98 Å². The van der Waals surface area contributed by atoms with Crippen LogP contribution in [0.3, 0.4) is 0 Å². The number of sulfonamides is 1. The Bertz CT molecular complexity index is 1390. The van der Waals surface area contributed by atoms with Crippen LogP contribution in [-0.4, -0.2) is 18.3 Å². The molecule has 156 valence electrons. The Morgan fingerprint density at radius 2 is 1.71 bits per heavy atom. The number of hydrogen-bond acceptors (Lipinski definition) is 6. The lowest BCUT2D eigenvalue weighted by Gasteiger charge is -2.12. The topological polar surface area (TPSA) is 111 Å². The normalized spacial score (nSPS) is 11.3. The van der Waals surface area contributed by atoms with Crippen molar-refractivity contribution in [3.63, 3.8) is 0 Å². The largest absolute Gasteiger partial charge is 0.457 e. The first kappa shape index (κ1) is 20.6. The van der Waals surface area contributed by atoms with Gasteiger partial charge in [0.1, 0.15) is 16.4 Å². The molecule has 0 unspecified atom stereocenters. The summed E-state index contributed by atoms with van der Waals surface area (Å²) in [4.78, 5) is 14.8. The summed E-state index contributed by atoms with van der Waals surface area (Å²) in [5.41, 5.74) is -0.0631. The molecule has 0 atom stereocenters. The van der Waals surface area contributed by atoms with Crippen molar-refractivity contribution >= 4 is 43.9 Å².